The molecule has 3 rings (SSSR count). The second kappa shape index (κ2) is 9.77. The van der Waals surface area contributed by atoms with Gasteiger partial charge in [-0.15, -0.1) is 0 Å². The van der Waals surface area contributed by atoms with Crippen molar-refractivity contribution < 1.29 is 19.4 Å². The second-order valence-electron chi connectivity index (χ2n) is 12.1. The maximum atomic E-state index is 13.1. The Labute approximate surface area is 210 Å². The smallest absolute Gasteiger partial charge is 0.337 e. The van der Waals surface area contributed by atoms with Gasteiger partial charge in [-0.25, -0.2) is 4.79 Å². The zero-order valence-electron chi connectivity index (χ0n) is 22.8. The van der Waals surface area contributed by atoms with E-state index in [0.29, 0.717) is 25.1 Å². The number of ether oxygens (including phenoxy) is 1. The average Bonchev–Trinajstić information content (AvgIpc) is 2.73. The van der Waals surface area contributed by atoms with Gasteiger partial charge in [-0.1, -0.05) is 50.6 Å². The van der Waals surface area contributed by atoms with Gasteiger partial charge in [0.05, 0.1) is 5.60 Å². The SMILES string of the molecule is Cc1ccc(-c2c(C)c3c(c(C)c2C(OC(C)(C)C)C(=O)O)CN(C(=O)CC(C)(C)C)CC3)cc1. The lowest BCUT2D eigenvalue weighted by molar-refractivity contribution is -0.160. The minimum absolute atomic E-state index is 0.0856. The predicted molar refractivity (Wildman–Crippen MR) is 140 cm³/mol. The number of aliphatic carboxylic acids is 1. The number of benzene rings is 2. The van der Waals surface area contributed by atoms with Gasteiger partial charge in [-0.2, -0.15) is 0 Å². The van der Waals surface area contributed by atoms with Crippen molar-refractivity contribution in [2.45, 2.75) is 93.4 Å². The molecular weight excluding hydrogens is 438 g/mol. The quantitative estimate of drug-likeness (QED) is 0.529. The Morgan fingerprint density at radius 2 is 1.57 bits per heavy atom. The van der Waals surface area contributed by atoms with Gasteiger partial charge in [-0.3, -0.25) is 4.79 Å². The topological polar surface area (TPSA) is 66.8 Å². The first-order chi connectivity index (χ1) is 16.1. The van der Waals surface area contributed by atoms with Gasteiger partial charge in [0.25, 0.3) is 0 Å². The van der Waals surface area contributed by atoms with Crippen LogP contribution in [0, 0.1) is 26.2 Å². The van der Waals surface area contributed by atoms with E-state index in [9.17, 15) is 14.7 Å². The largest absolute Gasteiger partial charge is 0.479 e. The Kier molecular flexibility index (Phi) is 7.52. The predicted octanol–water partition coefficient (Wildman–Crippen LogP) is 6.54. The molecule has 0 saturated heterocycles. The molecule has 0 fully saturated rings. The summed E-state index contributed by atoms with van der Waals surface area (Å²) >= 11 is 0. The molecule has 5 nitrogen and oxygen atoms in total. The maximum Gasteiger partial charge on any atom is 0.337 e. The van der Waals surface area contributed by atoms with Crippen molar-refractivity contribution in [1.29, 1.82) is 0 Å². The van der Waals surface area contributed by atoms with Gasteiger partial charge < -0.3 is 14.7 Å². The minimum atomic E-state index is -1.11. The molecule has 1 atom stereocenters. The molecule has 0 bridgehead atoms. The van der Waals surface area contributed by atoms with Gasteiger partial charge >= 0.3 is 5.97 Å². The summed E-state index contributed by atoms with van der Waals surface area (Å²) in [6.07, 6.45) is 0.130. The molecule has 190 valence electrons. The molecule has 0 aromatic heterocycles. The second-order valence-corrected chi connectivity index (χ2v) is 12.1. The van der Waals surface area contributed by atoms with Crippen molar-refractivity contribution in [3.05, 3.63) is 57.6 Å². The van der Waals surface area contributed by atoms with Crippen LogP contribution in [0.3, 0.4) is 0 Å². The molecule has 2 aromatic rings. The number of hydrogen-bond donors (Lipinski definition) is 1. The van der Waals surface area contributed by atoms with Crippen molar-refractivity contribution >= 4 is 11.9 Å². The summed E-state index contributed by atoms with van der Waals surface area (Å²) in [5.74, 6) is -0.864. The lowest BCUT2D eigenvalue weighted by atomic mass is 9.80. The summed E-state index contributed by atoms with van der Waals surface area (Å²) in [5, 5.41) is 10.3. The van der Waals surface area contributed by atoms with Crippen molar-refractivity contribution in [3.63, 3.8) is 0 Å². The number of carboxylic acid groups (broad SMARTS) is 1. The molecule has 1 aliphatic heterocycles. The third kappa shape index (κ3) is 6.13. The summed E-state index contributed by atoms with van der Waals surface area (Å²) in [5.41, 5.74) is 7.32. The van der Waals surface area contributed by atoms with Gasteiger partial charge in [0, 0.05) is 25.1 Å². The fraction of sp³-hybridized carbons (Fsp3) is 0.533. The standard InChI is InChI=1S/C30H41NO4/c1-18-10-12-21(13-11-18)25-19(2)22-14-15-31(24(32)16-29(4,5)6)17-23(22)20(3)26(25)27(28(33)34)35-30(7,8)9/h10-13,27H,14-17H2,1-9H3,(H,33,34). The molecule has 0 aliphatic carbocycles. The molecule has 0 saturated carbocycles. The number of nitrogens with zero attached hydrogens (tertiary/aromatic N) is 1. The van der Waals surface area contributed by atoms with Gasteiger partial charge in [0.15, 0.2) is 6.10 Å². The van der Waals surface area contributed by atoms with Crippen LogP contribution in [-0.4, -0.2) is 34.0 Å². The first-order valence-corrected chi connectivity index (χ1v) is 12.5. The molecule has 35 heavy (non-hydrogen) atoms. The third-order valence-electron chi connectivity index (χ3n) is 6.63. The van der Waals surface area contributed by atoms with E-state index in [0.717, 1.165) is 39.8 Å². The van der Waals surface area contributed by atoms with Crippen LogP contribution in [0.4, 0.5) is 0 Å². The van der Waals surface area contributed by atoms with Crippen LogP contribution >= 0.6 is 0 Å². The van der Waals surface area contributed by atoms with E-state index in [2.05, 4.69) is 52.0 Å². The minimum Gasteiger partial charge on any atom is -0.479 e. The molecule has 1 amide bonds. The maximum absolute atomic E-state index is 13.1. The summed E-state index contributed by atoms with van der Waals surface area (Å²) in [4.78, 5) is 27.6. The molecular formula is C30H41NO4. The first kappa shape index (κ1) is 26.9. The Balaban J connectivity index is 2.23. The van der Waals surface area contributed by atoms with E-state index < -0.39 is 17.7 Å². The summed E-state index contributed by atoms with van der Waals surface area (Å²) in [6, 6.07) is 8.23. The van der Waals surface area contributed by atoms with Crippen LogP contribution < -0.4 is 0 Å². The van der Waals surface area contributed by atoms with Crippen molar-refractivity contribution in [2.24, 2.45) is 5.41 Å². The van der Waals surface area contributed by atoms with Crippen LogP contribution in [0.2, 0.25) is 0 Å². The zero-order valence-corrected chi connectivity index (χ0v) is 22.8. The van der Waals surface area contributed by atoms with E-state index in [4.69, 9.17) is 4.74 Å². The number of fused-ring (bicyclic) bond motifs is 1. The van der Waals surface area contributed by atoms with E-state index in [1.807, 2.05) is 39.5 Å². The fourth-order valence-corrected chi connectivity index (χ4v) is 5.01. The molecule has 1 N–H and O–H groups in total. The highest BCUT2D eigenvalue weighted by Crippen LogP contribution is 2.42. The lowest BCUT2D eigenvalue weighted by Crippen LogP contribution is -2.39. The van der Waals surface area contributed by atoms with Crippen LogP contribution in [0.15, 0.2) is 24.3 Å². The number of carbonyl (C=O) groups is 2. The van der Waals surface area contributed by atoms with Gasteiger partial charge in [-0.05, 0) is 86.8 Å². The van der Waals surface area contributed by atoms with E-state index in [1.165, 1.54) is 5.56 Å². The van der Waals surface area contributed by atoms with E-state index in [1.54, 1.807) is 0 Å². The molecule has 1 aliphatic rings. The third-order valence-corrected chi connectivity index (χ3v) is 6.63. The van der Waals surface area contributed by atoms with Gasteiger partial charge in [0.2, 0.25) is 5.91 Å². The molecule has 5 heteroatoms. The lowest BCUT2D eigenvalue weighted by Gasteiger charge is -2.36. The number of hydrogen-bond acceptors (Lipinski definition) is 3. The summed E-state index contributed by atoms with van der Waals surface area (Å²) in [7, 11) is 0. The normalized spacial score (nSPS) is 15.1. The average molecular weight is 480 g/mol. The zero-order chi connectivity index (χ0) is 26.3. The fourth-order valence-electron chi connectivity index (χ4n) is 5.01. The Hall–Kier alpha value is -2.66. The first-order valence-electron chi connectivity index (χ1n) is 12.5. The Morgan fingerprint density at radius 3 is 2.09 bits per heavy atom. The highest BCUT2D eigenvalue weighted by atomic mass is 16.5. The van der Waals surface area contributed by atoms with Crippen LogP contribution in [0.5, 0.6) is 0 Å². The molecule has 1 unspecified atom stereocenters. The molecule has 1 heterocycles. The Morgan fingerprint density at radius 1 is 0.971 bits per heavy atom. The Bertz CT molecular complexity index is 1120. The van der Waals surface area contributed by atoms with Crippen molar-refractivity contribution in [1.82, 2.24) is 4.90 Å². The number of rotatable bonds is 5. The summed E-state index contributed by atoms with van der Waals surface area (Å²) < 4.78 is 6.16. The van der Waals surface area contributed by atoms with Crippen LogP contribution in [-0.2, 0) is 27.3 Å². The highest BCUT2D eigenvalue weighted by molar-refractivity contribution is 5.84. The summed E-state index contributed by atoms with van der Waals surface area (Å²) in [6.45, 7) is 19.1. The monoisotopic (exact) mass is 479 g/mol. The van der Waals surface area contributed by atoms with Gasteiger partial charge in [0.1, 0.15) is 0 Å². The number of aryl methyl sites for hydroxylation is 1. The number of amides is 1. The van der Waals surface area contributed by atoms with Crippen molar-refractivity contribution in [3.8, 4) is 11.1 Å². The highest BCUT2D eigenvalue weighted by Gasteiger charge is 2.35. The number of carboxylic acids is 1. The molecule has 2 aromatic carbocycles. The molecule has 0 radical (unpaired) electrons. The van der Waals surface area contributed by atoms with Crippen molar-refractivity contribution in [2.75, 3.05) is 6.54 Å². The van der Waals surface area contributed by atoms with E-state index >= 15 is 0 Å². The van der Waals surface area contributed by atoms with Crippen LogP contribution in [0.1, 0.15) is 87.4 Å². The van der Waals surface area contributed by atoms with E-state index in [-0.39, 0.29) is 11.3 Å². The molecule has 0 spiro atoms. The van der Waals surface area contributed by atoms with Crippen LogP contribution in [0.25, 0.3) is 11.1 Å². The number of carbonyl (C=O) groups excluding carboxylic acids is 1.